The van der Waals surface area contributed by atoms with Gasteiger partial charge in [0.05, 0.1) is 24.4 Å². The fourth-order valence-electron chi connectivity index (χ4n) is 4.35. The fourth-order valence-corrected chi connectivity index (χ4v) is 4.65. The first-order chi connectivity index (χ1) is 14.6. The summed E-state index contributed by atoms with van der Waals surface area (Å²) < 4.78 is 7.65. The number of pyridine rings is 1. The summed E-state index contributed by atoms with van der Waals surface area (Å²) in [6.07, 6.45) is 1.85. The standard InChI is InChI=1S/C24H28N4OS/c1-17-15-20(18(2)27(17)13-14-29-3)23-22(21-11-7-8-12-25-21)26-24(30)28(23)16-19-9-5-4-6-10-19/h4-12,15,22-23H,13-14,16H2,1-3H3,(H,26,30)/t22-,23+/m1/s1. The van der Waals surface area contributed by atoms with Gasteiger partial charge in [0.1, 0.15) is 0 Å². The maximum atomic E-state index is 5.81. The summed E-state index contributed by atoms with van der Waals surface area (Å²) in [4.78, 5) is 6.94. The van der Waals surface area contributed by atoms with Crippen LogP contribution in [0.25, 0.3) is 0 Å². The predicted molar refractivity (Wildman–Crippen MR) is 123 cm³/mol. The van der Waals surface area contributed by atoms with Crippen LogP contribution in [0.5, 0.6) is 0 Å². The normalized spacial score (nSPS) is 18.6. The van der Waals surface area contributed by atoms with E-state index in [0.717, 1.165) is 23.9 Å². The van der Waals surface area contributed by atoms with Gasteiger partial charge in [-0.2, -0.15) is 0 Å². The number of rotatable bonds is 7. The highest BCUT2D eigenvalue weighted by Gasteiger charge is 2.41. The van der Waals surface area contributed by atoms with Crippen molar-refractivity contribution < 1.29 is 4.74 Å². The van der Waals surface area contributed by atoms with Crippen LogP contribution in [0.15, 0.2) is 60.8 Å². The molecule has 6 heteroatoms. The smallest absolute Gasteiger partial charge is 0.170 e. The van der Waals surface area contributed by atoms with Gasteiger partial charge in [-0.05, 0) is 55.4 Å². The Morgan fingerprint density at radius 3 is 2.57 bits per heavy atom. The number of benzene rings is 1. The molecule has 3 aromatic rings. The van der Waals surface area contributed by atoms with Crippen molar-refractivity contribution in [3.63, 3.8) is 0 Å². The topological polar surface area (TPSA) is 42.3 Å². The molecule has 156 valence electrons. The first kappa shape index (κ1) is 20.6. The molecule has 0 spiro atoms. The van der Waals surface area contributed by atoms with E-state index in [-0.39, 0.29) is 12.1 Å². The van der Waals surface area contributed by atoms with Gasteiger partial charge in [-0.15, -0.1) is 0 Å². The maximum Gasteiger partial charge on any atom is 0.170 e. The summed E-state index contributed by atoms with van der Waals surface area (Å²) in [5.74, 6) is 0. The third kappa shape index (κ3) is 3.98. The van der Waals surface area contributed by atoms with Crippen molar-refractivity contribution in [2.24, 2.45) is 0 Å². The predicted octanol–water partition coefficient (Wildman–Crippen LogP) is 4.32. The summed E-state index contributed by atoms with van der Waals surface area (Å²) in [5, 5.41) is 4.31. The Bertz CT molecular complexity index is 1000. The molecule has 2 aromatic heterocycles. The van der Waals surface area contributed by atoms with Crippen LogP contribution in [0.4, 0.5) is 0 Å². The Morgan fingerprint density at radius 2 is 1.87 bits per heavy atom. The van der Waals surface area contributed by atoms with E-state index < -0.39 is 0 Å². The van der Waals surface area contributed by atoms with Crippen LogP contribution in [-0.2, 0) is 17.8 Å². The number of aryl methyl sites for hydroxylation is 1. The molecule has 1 fully saturated rings. The quantitative estimate of drug-likeness (QED) is 0.577. The largest absolute Gasteiger partial charge is 0.383 e. The van der Waals surface area contributed by atoms with E-state index in [9.17, 15) is 0 Å². The molecule has 1 N–H and O–H groups in total. The first-order valence-electron chi connectivity index (χ1n) is 10.3. The molecule has 5 nitrogen and oxygen atoms in total. The average molecular weight is 421 g/mol. The van der Waals surface area contributed by atoms with E-state index in [1.165, 1.54) is 22.5 Å². The lowest BCUT2D eigenvalue weighted by Crippen LogP contribution is -2.29. The van der Waals surface area contributed by atoms with E-state index in [1.807, 2.05) is 24.4 Å². The van der Waals surface area contributed by atoms with E-state index in [1.54, 1.807) is 7.11 Å². The molecule has 1 saturated heterocycles. The van der Waals surface area contributed by atoms with Crippen molar-refractivity contribution in [1.29, 1.82) is 0 Å². The Hall–Kier alpha value is -2.70. The van der Waals surface area contributed by atoms with Gasteiger partial charge >= 0.3 is 0 Å². The zero-order chi connectivity index (χ0) is 21.1. The monoisotopic (exact) mass is 420 g/mol. The number of methoxy groups -OCH3 is 1. The minimum absolute atomic E-state index is 0.00112. The SMILES string of the molecule is COCCn1c(C)cc([C@H]2[C@@H](c3ccccn3)NC(=S)N2Cc2ccccc2)c1C. The van der Waals surface area contributed by atoms with Crippen LogP contribution in [0.2, 0.25) is 0 Å². The second-order valence-electron chi connectivity index (χ2n) is 7.71. The Balaban J connectivity index is 1.76. The van der Waals surface area contributed by atoms with E-state index in [2.05, 4.69) is 70.0 Å². The second-order valence-corrected chi connectivity index (χ2v) is 8.10. The Labute approximate surface area is 183 Å². The molecular formula is C24H28N4OS. The molecule has 0 radical (unpaired) electrons. The molecule has 0 aliphatic carbocycles. The summed E-state index contributed by atoms with van der Waals surface area (Å²) in [5.41, 5.74) is 6.00. The van der Waals surface area contributed by atoms with E-state index in [0.29, 0.717) is 6.61 Å². The number of ether oxygens (including phenoxy) is 1. The zero-order valence-electron chi connectivity index (χ0n) is 17.7. The molecule has 0 saturated carbocycles. The lowest BCUT2D eigenvalue weighted by molar-refractivity contribution is 0.186. The van der Waals surface area contributed by atoms with Crippen LogP contribution in [0.3, 0.4) is 0 Å². The van der Waals surface area contributed by atoms with Gasteiger partial charge in [0.25, 0.3) is 0 Å². The van der Waals surface area contributed by atoms with Gasteiger partial charge < -0.3 is 19.5 Å². The summed E-state index contributed by atoms with van der Waals surface area (Å²) in [7, 11) is 1.74. The molecule has 30 heavy (non-hydrogen) atoms. The molecular weight excluding hydrogens is 392 g/mol. The maximum absolute atomic E-state index is 5.81. The Kier molecular flexibility index (Phi) is 6.16. The molecule has 1 aromatic carbocycles. The molecule has 4 rings (SSSR count). The number of nitrogens with zero attached hydrogens (tertiary/aromatic N) is 3. The van der Waals surface area contributed by atoms with E-state index >= 15 is 0 Å². The van der Waals surface area contributed by atoms with Crippen molar-refractivity contribution >= 4 is 17.3 Å². The highest BCUT2D eigenvalue weighted by molar-refractivity contribution is 7.80. The molecule has 0 unspecified atom stereocenters. The number of thiocarbonyl (C=S) groups is 1. The van der Waals surface area contributed by atoms with Crippen molar-refractivity contribution in [1.82, 2.24) is 19.8 Å². The molecule has 2 atom stereocenters. The highest BCUT2D eigenvalue weighted by atomic mass is 32.1. The molecule has 1 aliphatic heterocycles. The minimum atomic E-state index is -0.00112. The lowest BCUT2D eigenvalue weighted by Gasteiger charge is -2.28. The average Bonchev–Trinajstić information content (AvgIpc) is 3.23. The Morgan fingerprint density at radius 1 is 1.10 bits per heavy atom. The summed E-state index contributed by atoms with van der Waals surface area (Å²) in [6, 6.07) is 18.9. The summed E-state index contributed by atoms with van der Waals surface area (Å²) in [6.45, 7) is 6.63. The van der Waals surface area contributed by atoms with Crippen LogP contribution in [-0.4, -0.2) is 33.3 Å². The van der Waals surface area contributed by atoms with Gasteiger partial charge in [0.15, 0.2) is 5.11 Å². The van der Waals surface area contributed by atoms with Crippen LogP contribution < -0.4 is 5.32 Å². The van der Waals surface area contributed by atoms with Gasteiger partial charge in [-0.1, -0.05) is 36.4 Å². The minimum Gasteiger partial charge on any atom is -0.383 e. The van der Waals surface area contributed by atoms with E-state index in [4.69, 9.17) is 17.0 Å². The molecule has 0 amide bonds. The van der Waals surface area contributed by atoms with Crippen molar-refractivity contribution in [3.05, 3.63) is 89.0 Å². The highest BCUT2D eigenvalue weighted by Crippen LogP contribution is 2.41. The molecule has 0 bridgehead atoms. The fraction of sp³-hybridized carbons (Fsp3) is 0.333. The van der Waals surface area contributed by atoms with Gasteiger partial charge in [-0.25, -0.2) is 0 Å². The van der Waals surface area contributed by atoms with Crippen LogP contribution >= 0.6 is 12.2 Å². The van der Waals surface area contributed by atoms with Crippen molar-refractivity contribution in [3.8, 4) is 0 Å². The van der Waals surface area contributed by atoms with Crippen LogP contribution in [0.1, 0.15) is 40.3 Å². The number of hydrogen-bond donors (Lipinski definition) is 1. The number of nitrogens with one attached hydrogen (secondary N) is 1. The molecule has 1 aliphatic rings. The second kappa shape index (κ2) is 8.98. The third-order valence-corrected chi connectivity index (χ3v) is 6.20. The first-order valence-corrected chi connectivity index (χ1v) is 10.7. The van der Waals surface area contributed by atoms with Gasteiger partial charge in [0.2, 0.25) is 0 Å². The molecule has 3 heterocycles. The summed E-state index contributed by atoms with van der Waals surface area (Å²) >= 11 is 5.81. The lowest BCUT2D eigenvalue weighted by atomic mass is 9.96. The van der Waals surface area contributed by atoms with Gasteiger partial charge in [0, 0.05) is 37.8 Å². The number of hydrogen-bond acceptors (Lipinski definition) is 3. The van der Waals surface area contributed by atoms with Crippen molar-refractivity contribution in [2.75, 3.05) is 13.7 Å². The van der Waals surface area contributed by atoms with Crippen molar-refractivity contribution in [2.45, 2.75) is 39.0 Å². The third-order valence-electron chi connectivity index (χ3n) is 5.84. The zero-order valence-corrected chi connectivity index (χ0v) is 18.5. The van der Waals surface area contributed by atoms with Crippen LogP contribution in [0, 0.1) is 13.8 Å². The number of aromatic nitrogens is 2. The van der Waals surface area contributed by atoms with Gasteiger partial charge in [-0.3, -0.25) is 4.98 Å².